The molecule has 1 aliphatic carbocycles. The van der Waals surface area contributed by atoms with E-state index in [2.05, 4.69) is 17.2 Å². The van der Waals surface area contributed by atoms with Crippen LogP contribution in [0.3, 0.4) is 0 Å². The van der Waals surface area contributed by atoms with Crippen LogP contribution in [0.2, 0.25) is 0 Å². The van der Waals surface area contributed by atoms with Crippen LogP contribution in [0.25, 0.3) is 4.96 Å². The molecule has 3 aromatic rings. The maximum absolute atomic E-state index is 12.9. The topological polar surface area (TPSA) is 63.5 Å². The molecule has 0 spiro atoms. The number of hydrogen-bond acceptors (Lipinski definition) is 4. The molecule has 1 N–H and O–H groups in total. The molecule has 0 bridgehead atoms. The van der Waals surface area contributed by atoms with E-state index < -0.39 is 0 Å². The van der Waals surface area contributed by atoms with Crippen molar-refractivity contribution in [3.8, 4) is 0 Å². The molecule has 6 heteroatoms. The van der Waals surface area contributed by atoms with Gasteiger partial charge in [0, 0.05) is 23.3 Å². The third-order valence-corrected chi connectivity index (χ3v) is 6.14. The van der Waals surface area contributed by atoms with E-state index in [0.717, 1.165) is 36.9 Å². The standard InChI is InChI=1S/C20H21N3O2S/c1-13(14-7-3-2-4-8-14)11-21-18(24)15-12-22-20-23(19(15)25)16-9-5-6-10-17(16)26-20/h2-4,7-8,12-13H,5-6,9-11H2,1H3,(H,21,24). The van der Waals surface area contributed by atoms with Crippen molar-refractivity contribution in [1.82, 2.24) is 14.7 Å². The molecule has 5 nitrogen and oxygen atoms in total. The number of fused-ring (bicyclic) bond motifs is 3. The molecule has 1 unspecified atom stereocenters. The zero-order valence-corrected chi connectivity index (χ0v) is 15.5. The molecule has 1 aliphatic rings. The second-order valence-corrected chi connectivity index (χ2v) is 7.86. The van der Waals surface area contributed by atoms with E-state index >= 15 is 0 Å². The van der Waals surface area contributed by atoms with Crippen molar-refractivity contribution in [3.05, 3.63) is 68.6 Å². The molecule has 2 heterocycles. The monoisotopic (exact) mass is 367 g/mol. The number of benzene rings is 1. The number of carbonyl (C=O) groups is 1. The van der Waals surface area contributed by atoms with Crippen LogP contribution in [0, 0.1) is 0 Å². The number of amides is 1. The fraction of sp³-hybridized carbons (Fsp3) is 0.350. The average molecular weight is 367 g/mol. The largest absolute Gasteiger partial charge is 0.351 e. The number of carbonyl (C=O) groups excluding carboxylic acids is 1. The Bertz CT molecular complexity index is 1010. The third kappa shape index (κ3) is 3.05. The molecule has 0 radical (unpaired) electrons. The Morgan fingerprint density at radius 2 is 2.04 bits per heavy atom. The molecule has 0 fully saturated rings. The summed E-state index contributed by atoms with van der Waals surface area (Å²) in [7, 11) is 0. The second kappa shape index (κ2) is 7.03. The molecule has 1 aromatic carbocycles. The Morgan fingerprint density at radius 3 is 2.85 bits per heavy atom. The third-order valence-electron chi connectivity index (χ3n) is 4.98. The predicted octanol–water partition coefficient (Wildman–Crippen LogP) is 3.17. The first-order chi connectivity index (χ1) is 12.6. The van der Waals surface area contributed by atoms with Gasteiger partial charge in [-0.1, -0.05) is 37.3 Å². The molecule has 4 rings (SSSR count). The van der Waals surface area contributed by atoms with Crippen molar-refractivity contribution < 1.29 is 4.79 Å². The van der Waals surface area contributed by atoms with Crippen molar-refractivity contribution in [1.29, 1.82) is 0 Å². The highest BCUT2D eigenvalue weighted by Gasteiger charge is 2.21. The highest BCUT2D eigenvalue weighted by atomic mass is 32.1. The molecule has 0 aliphatic heterocycles. The van der Waals surface area contributed by atoms with Gasteiger partial charge in [0.1, 0.15) is 5.56 Å². The van der Waals surface area contributed by atoms with E-state index in [-0.39, 0.29) is 22.9 Å². The van der Waals surface area contributed by atoms with E-state index in [1.165, 1.54) is 11.1 Å². The Morgan fingerprint density at radius 1 is 1.27 bits per heavy atom. The summed E-state index contributed by atoms with van der Waals surface area (Å²) in [6, 6.07) is 10.0. The number of thiazole rings is 1. The number of rotatable bonds is 4. The summed E-state index contributed by atoms with van der Waals surface area (Å²) in [5.74, 6) is -0.177. The highest BCUT2D eigenvalue weighted by Crippen LogP contribution is 2.28. The molecule has 1 amide bonds. The van der Waals surface area contributed by atoms with Gasteiger partial charge in [-0.15, -0.1) is 11.3 Å². The lowest BCUT2D eigenvalue weighted by atomic mass is 10.0. The van der Waals surface area contributed by atoms with Gasteiger partial charge < -0.3 is 5.32 Å². The lowest BCUT2D eigenvalue weighted by molar-refractivity contribution is 0.0949. The van der Waals surface area contributed by atoms with Crippen LogP contribution in [0.15, 0.2) is 41.3 Å². The summed E-state index contributed by atoms with van der Waals surface area (Å²) < 4.78 is 1.65. The zero-order valence-electron chi connectivity index (χ0n) is 14.7. The van der Waals surface area contributed by atoms with Crippen LogP contribution in [0.5, 0.6) is 0 Å². The van der Waals surface area contributed by atoms with Gasteiger partial charge >= 0.3 is 0 Å². The van der Waals surface area contributed by atoms with Gasteiger partial charge in [-0.2, -0.15) is 0 Å². The Kier molecular flexibility index (Phi) is 4.59. The van der Waals surface area contributed by atoms with Crippen molar-refractivity contribution in [2.24, 2.45) is 0 Å². The second-order valence-electron chi connectivity index (χ2n) is 6.80. The lowest BCUT2D eigenvalue weighted by Crippen LogP contribution is -2.34. The van der Waals surface area contributed by atoms with Crippen LogP contribution in [0.4, 0.5) is 0 Å². The van der Waals surface area contributed by atoms with Crippen molar-refractivity contribution in [3.63, 3.8) is 0 Å². The van der Waals surface area contributed by atoms with Gasteiger partial charge in [-0.25, -0.2) is 4.98 Å². The Labute approximate surface area is 155 Å². The molecular formula is C20H21N3O2S. The molecule has 26 heavy (non-hydrogen) atoms. The lowest BCUT2D eigenvalue weighted by Gasteiger charge is -2.13. The number of hydrogen-bond donors (Lipinski definition) is 1. The van der Waals surface area contributed by atoms with E-state index in [0.29, 0.717) is 11.5 Å². The number of nitrogens with zero attached hydrogens (tertiary/aromatic N) is 2. The van der Waals surface area contributed by atoms with Gasteiger partial charge in [0.15, 0.2) is 4.96 Å². The van der Waals surface area contributed by atoms with Crippen molar-refractivity contribution >= 4 is 22.2 Å². The zero-order chi connectivity index (χ0) is 18.1. The minimum absolute atomic E-state index is 0.119. The molecule has 134 valence electrons. The fourth-order valence-corrected chi connectivity index (χ4v) is 4.63. The summed E-state index contributed by atoms with van der Waals surface area (Å²) in [5.41, 5.74) is 2.07. The van der Waals surface area contributed by atoms with Crippen LogP contribution in [-0.2, 0) is 12.8 Å². The SMILES string of the molecule is CC(CNC(=O)c1cnc2sc3c(n2c1=O)CCCC3)c1ccccc1. The van der Waals surface area contributed by atoms with Crippen molar-refractivity contribution in [2.75, 3.05) is 6.54 Å². The minimum Gasteiger partial charge on any atom is -0.351 e. The van der Waals surface area contributed by atoms with E-state index in [1.54, 1.807) is 15.7 Å². The first kappa shape index (κ1) is 17.0. The van der Waals surface area contributed by atoms with Crippen LogP contribution >= 0.6 is 11.3 Å². The maximum Gasteiger partial charge on any atom is 0.271 e. The summed E-state index contributed by atoms with van der Waals surface area (Å²) >= 11 is 1.57. The molecule has 1 atom stereocenters. The van der Waals surface area contributed by atoms with Crippen LogP contribution in [-0.4, -0.2) is 21.8 Å². The number of aryl methyl sites for hydroxylation is 2. The van der Waals surface area contributed by atoms with Gasteiger partial charge in [0.25, 0.3) is 11.5 Å². The quantitative estimate of drug-likeness (QED) is 0.770. The van der Waals surface area contributed by atoms with Gasteiger partial charge in [-0.05, 0) is 37.2 Å². The molecular weight excluding hydrogens is 346 g/mol. The average Bonchev–Trinajstić information content (AvgIpc) is 3.06. The minimum atomic E-state index is -0.351. The summed E-state index contributed by atoms with van der Waals surface area (Å²) in [5, 5.41) is 2.89. The van der Waals surface area contributed by atoms with E-state index in [4.69, 9.17) is 0 Å². The van der Waals surface area contributed by atoms with Crippen LogP contribution < -0.4 is 10.9 Å². The Hall–Kier alpha value is -2.47. The number of aromatic nitrogens is 2. The fourth-order valence-electron chi connectivity index (χ4n) is 3.46. The normalized spacial score (nSPS) is 14.8. The first-order valence-corrected chi connectivity index (χ1v) is 9.82. The first-order valence-electron chi connectivity index (χ1n) is 9.00. The van der Waals surface area contributed by atoms with E-state index in [1.807, 2.05) is 30.3 Å². The van der Waals surface area contributed by atoms with Gasteiger partial charge in [0.05, 0.1) is 0 Å². The summed E-state index contributed by atoms with van der Waals surface area (Å²) in [6.45, 7) is 2.53. The molecule has 2 aromatic heterocycles. The predicted molar refractivity (Wildman–Crippen MR) is 103 cm³/mol. The van der Waals surface area contributed by atoms with Crippen molar-refractivity contribution in [2.45, 2.75) is 38.5 Å². The number of nitrogens with one attached hydrogen (secondary N) is 1. The maximum atomic E-state index is 12.9. The van der Waals surface area contributed by atoms with Crippen LogP contribution in [0.1, 0.15) is 52.2 Å². The Balaban J connectivity index is 1.57. The molecule has 0 saturated heterocycles. The summed E-state index contributed by atoms with van der Waals surface area (Å²) in [6.07, 6.45) is 5.53. The highest BCUT2D eigenvalue weighted by molar-refractivity contribution is 7.17. The van der Waals surface area contributed by atoms with Gasteiger partial charge in [0.2, 0.25) is 0 Å². The molecule has 0 saturated carbocycles. The summed E-state index contributed by atoms with van der Waals surface area (Å²) in [4.78, 5) is 31.8. The van der Waals surface area contributed by atoms with Gasteiger partial charge in [-0.3, -0.25) is 14.0 Å². The smallest absolute Gasteiger partial charge is 0.271 e. The van der Waals surface area contributed by atoms with E-state index in [9.17, 15) is 9.59 Å².